The van der Waals surface area contributed by atoms with Gasteiger partial charge in [-0.25, -0.2) is 4.68 Å². The Hall–Kier alpha value is -3.04. The van der Waals surface area contributed by atoms with Gasteiger partial charge in [-0.2, -0.15) is 18.3 Å². The van der Waals surface area contributed by atoms with Crippen LogP contribution in [0.3, 0.4) is 0 Å². The summed E-state index contributed by atoms with van der Waals surface area (Å²) >= 11 is 0. The fourth-order valence-corrected chi connectivity index (χ4v) is 3.50. The van der Waals surface area contributed by atoms with E-state index < -0.39 is 24.2 Å². The van der Waals surface area contributed by atoms with Crippen molar-refractivity contribution in [1.82, 2.24) is 9.78 Å². The SMILES string of the molecule is COc1ccccc1C1=NOC(C(=O)N2CCC(C(F)(F)F)n3nccc32)C1. The first-order chi connectivity index (χ1) is 13.4. The Bertz CT molecular complexity index is 925. The normalized spacial score (nSPS) is 21.7. The van der Waals surface area contributed by atoms with Gasteiger partial charge in [0.2, 0.25) is 6.10 Å². The molecule has 0 bridgehead atoms. The summed E-state index contributed by atoms with van der Waals surface area (Å²) < 4.78 is 45.8. The molecule has 0 N–H and O–H groups in total. The molecule has 2 atom stereocenters. The standard InChI is InChI=1S/C18H17F3N4O3/c1-27-13-5-3-2-4-11(13)12-10-14(28-23-12)17(26)24-9-7-15(18(19,20)21)25-16(24)6-8-22-25/h2-6,8,14-15H,7,9-10H2,1H3. The monoisotopic (exact) mass is 394 g/mol. The minimum Gasteiger partial charge on any atom is -0.496 e. The average Bonchev–Trinajstić information content (AvgIpc) is 3.35. The quantitative estimate of drug-likeness (QED) is 0.803. The van der Waals surface area contributed by atoms with Crippen LogP contribution in [0, 0.1) is 0 Å². The number of fused-ring (bicyclic) bond motifs is 1. The summed E-state index contributed by atoms with van der Waals surface area (Å²) in [4.78, 5) is 19.5. The van der Waals surface area contributed by atoms with Gasteiger partial charge in [0, 0.05) is 24.6 Å². The van der Waals surface area contributed by atoms with Crippen LogP contribution in [0.4, 0.5) is 19.0 Å². The summed E-state index contributed by atoms with van der Waals surface area (Å²) in [5, 5.41) is 7.76. The molecular weight excluding hydrogens is 377 g/mol. The Morgan fingerprint density at radius 3 is 2.82 bits per heavy atom. The van der Waals surface area contributed by atoms with Gasteiger partial charge >= 0.3 is 6.18 Å². The number of benzene rings is 1. The van der Waals surface area contributed by atoms with Gasteiger partial charge in [-0.1, -0.05) is 17.3 Å². The number of nitrogens with zero attached hydrogens (tertiary/aromatic N) is 4. The van der Waals surface area contributed by atoms with Crippen molar-refractivity contribution in [3.63, 3.8) is 0 Å². The Kier molecular flexibility index (Phi) is 4.48. The molecule has 3 heterocycles. The van der Waals surface area contributed by atoms with Gasteiger partial charge in [0.05, 0.1) is 19.0 Å². The van der Waals surface area contributed by atoms with Crippen LogP contribution in [0.5, 0.6) is 5.75 Å². The van der Waals surface area contributed by atoms with Gasteiger partial charge in [-0.15, -0.1) is 0 Å². The highest BCUT2D eigenvalue weighted by molar-refractivity contribution is 6.08. The van der Waals surface area contributed by atoms with Crippen molar-refractivity contribution in [2.75, 3.05) is 18.6 Å². The van der Waals surface area contributed by atoms with Crippen LogP contribution >= 0.6 is 0 Å². The van der Waals surface area contributed by atoms with E-state index in [9.17, 15) is 18.0 Å². The number of para-hydroxylation sites is 1. The number of rotatable bonds is 3. The van der Waals surface area contributed by atoms with E-state index in [1.54, 1.807) is 12.1 Å². The van der Waals surface area contributed by atoms with Crippen molar-refractivity contribution in [2.24, 2.45) is 5.16 Å². The number of carbonyl (C=O) groups excluding carboxylic acids is 1. The van der Waals surface area contributed by atoms with Crippen LogP contribution in [0.25, 0.3) is 0 Å². The first kappa shape index (κ1) is 18.3. The summed E-state index contributed by atoms with van der Waals surface area (Å²) in [6.07, 6.45) is -4.15. The second-order valence-corrected chi connectivity index (χ2v) is 6.51. The van der Waals surface area contributed by atoms with Crippen molar-refractivity contribution < 1.29 is 27.5 Å². The molecule has 148 valence electrons. The van der Waals surface area contributed by atoms with E-state index in [1.807, 2.05) is 12.1 Å². The average molecular weight is 394 g/mol. The largest absolute Gasteiger partial charge is 0.496 e. The van der Waals surface area contributed by atoms with Crippen LogP contribution in [-0.4, -0.2) is 47.3 Å². The fourth-order valence-electron chi connectivity index (χ4n) is 3.50. The highest BCUT2D eigenvalue weighted by Gasteiger charge is 2.47. The molecule has 2 aliphatic heterocycles. The van der Waals surface area contributed by atoms with Crippen LogP contribution in [0.1, 0.15) is 24.4 Å². The highest BCUT2D eigenvalue weighted by atomic mass is 19.4. The Labute approximate surface area is 158 Å². The number of amides is 1. The minimum atomic E-state index is -4.43. The smallest absolute Gasteiger partial charge is 0.410 e. The molecule has 2 aliphatic rings. The first-order valence-corrected chi connectivity index (χ1v) is 8.68. The molecule has 0 fully saturated rings. The third kappa shape index (κ3) is 3.08. The molecule has 2 unspecified atom stereocenters. The number of aromatic nitrogens is 2. The number of methoxy groups -OCH3 is 1. The van der Waals surface area contributed by atoms with Crippen LogP contribution in [-0.2, 0) is 9.63 Å². The molecule has 0 radical (unpaired) electrons. The second-order valence-electron chi connectivity index (χ2n) is 6.51. The Morgan fingerprint density at radius 2 is 2.07 bits per heavy atom. The summed E-state index contributed by atoms with van der Waals surface area (Å²) in [6.45, 7) is -0.0709. The third-order valence-corrected chi connectivity index (χ3v) is 4.85. The molecule has 1 aromatic carbocycles. The summed E-state index contributed by atoms with van der Waals surface area (Å²) in [6, 6.07) is 6.85. The molecule has 2 aromatic rings. The van der Waals surface area contributed by atoms with Crippen molar-refractivity contribution in [3.8, 4) is 5.75 Å². The summed E-state index contributed by atoms with van der Waals surface area (Å²) in [5.41, 5.74) is 1.26. The number of anilines is 1. The van der Waals surface area contributed by atoms with Crippen molar-refractivity contribution in [2.45, 2.75) is 31.2 Å². The molecule has 1 amide bonds. The fraction of sp³-hybridized carbons (Fsp3) is 0.389. The first-order valence-electron chi connectivity index (χ1n) is 8.68. The molecule has 0 aliphatic carbocycles. The molecule has 1 aromatic heterocycles. The van der Waals surface area contributed by atoms with Crippen molar-refractivity contribution in [3.05, 3.63) is 42.1 Å². The van der Waals surface area contributed by atoms with E-state index >= 15 is 0 Å². The minimum absolute atomic E-state index is 0.0709. The Balaban J connectivity index is 1.52. The van der Waals surface area contributed by atoms with Gasteiger partial charge in [0.1, 0.15) is 11.6 Å². The predicted octanol–water partition coefficient (Wildman–Crippen LogP) is 2.93. The number of oxime groups is 1. The maximum Gasteiger partial charge on any atom is 0.410 e. The third-order valence-electron chi connectivity index (χ3n) is 4.85. The molecule has 0 saturated carbocycles. The zero-order valence-electron chi connectivity index (χ0n) is 14.9. The van der Waals surface area contributed by atoms with Crippen LogP contribution in [0.2, 0.25) is 0 Å². The molecule has 4 rings (SSSR count). The number of ether oxygens (including phenoxy) is 1. The molecule has 10 heteroatoms. The summed E-state index contributed by atoms with van der Waals surface area (Å²) in [7, 11) is 1.53. The molecular formula is C18H17F3N4O3. The van der Waals surface area contributed by atoms with Crippen molar-refractivity contribution >= 4 is 17.4 Å². The van der Waals surface area contributed by atoms with E-state index in [-0.39, 0.29) is 25.2 Å². The lowest BCUT2D eigenvalue weighted by atomic mass is 10.0. The number of halogens is 3. The lowest BCUT2D eigenvalue weighted by Gasteiger charge is -2.34. The van der Waals surface area contributed by atoms with Crippen LogP contribution < -0.4 is 9.64 Å². The zero-order valence-corrected chi connectivity index (χ0v) is 14.9. The lowest BCUT2D eigenvalue weighted by Crippen LogP contribution is -2.47. The van der Waals surface area contributed by atoms with E-state index in [1.165, 1.54) is 24.3 Å². The molecule has 0 spiro atoms. The number of alkyl halides is 3. The molecule has 7 nitrogen and oxygen atoms in total. The van der Waals surface area contributed by atoms with Gasteiger partial charge < -0.3 is 9.57 Å². The van der Waals surface area contributed by atoms with E-state index in [0.717, 1.165) is 4.68 Å². The van der Waals surface area contributed by atoms with Gasteiger partial charge in [-0.05, 0) is 18.6 Å². The number of hydrogen-bond acceptors (Lipinski definition) is 5. The van der Waals surface area contributed by atoms with E-state index in [0.29, 0.717) is 17.0 Å². The Morgan fingerprint density at radius 1 is 1.29 bits per heavy atom. The zero-order chi connectivity index (χ0) is 19.9. The second kappa shape index (κ2) is 6.84. The summed E-state index contributed by atoms with van der Waals surface area (Å²) in [5.74, 6) is 0.256. The topological polar surface area (TPSA) is 69.0 Å². The highest BCUT2D eigenvalue weighted by Crippen LogP contribution is 2.39. The number of hydrogen-bond donors (Lipinski definition) is 0. The maximum absolute atomic E-state index is 13.2. The van der Waals surface area contributed by atoms with Crippen molar-refractivity contribution in [1.29, 1.82) is 0 Å². The molecule has 0 saturated heterocycles. The predicted molar refractivity (Wildman–Crippen MR) is 93.3 cm³/mol. The van der Waals surface area contributed by atoms with Gasteiger partial charge in [-0.3, -0.25) is 9.69 Å². The van der Waals surface area contributed by atoms with E-state index in [4.69, 9.17) is 9.57 Å². The molecule has 28 heavy (non-hydrogen) atoms. The number of carbonyl (C=O) groups is 1. The lowest BCUT2D eigenvalue weighted by molar-refractivity contribution is -0.173. The maximum atomic E-state index is 13.2. The van der Waals surface area contributed by atoms with Gasteiger partial charge in [0.15, 0.2) is 6.04 Å². The van der Waals surface area contributed by atoms with E-state index in [2.05, 4.69) is 10.3 Å². The van der Waals surface area contributed by atoms with Gasteiger partial charge in [0.25, 0.3) is 5.91 Å². The van der Waals surface area contributed by atoms with Crippen LogP contribution in [0.15, 0.2) is 41.7 Å².